The van der Waals surface area contributed by atoms with E-state index in [9.17, 15) is 4.79 Å². The number of benzene rings is 1. The number of hydrogen-bond donors (Lipinski definition) is 0. The van der Waals surface area contributed by atoms with Gasteiger partial charge in [0.05, 0.1) is 0 Å². The normalized spacial score (nSPS) is 9.94. The summed E-state index contributed by atoms with van der Waals surface area (Å²) in [6.07, 6.45) is 8.39. The fraction of sp³-hybridized carbons (Fsp3) is 0.312. The van der Waals surface area contributed by atoms with Gasteiger partial charge in [-0.2, -0.15) is 0 Å². The molecule has 0 atom stereocenters. The van der Waals surface area contributed by atoms with Crippen LogP contribution in [0.2, 0.25) is 0 Å². The predicted octanol–water partition coefficient (Wildman–Crippen LogP) is 3.85. The Morgan fingerprint density at radius 3 is 2.71 bits per heavy atom. The maximum Gasteiger partial charge on any atom is 0.202 e. The van der Waals surface area contributed by atoms with Crippen LogP contribution in [0.3, 0.4) is 0 Å². The second-order valence-corrected chi connectivity index (χ2v) is 3.92. The quantitative estimate of drug-likeness (QED) is 0.423. The Balaban J connectivity index is 2.11. The lowest BCUT2D eigenvalue weighted by molar-refractivity contribution is -0.111. The summed E-state index contributed by atoms with van der Waals surface area (Å²) in [5.41, 5.74) is 1.24. The van der Waals surface area contributed by atoms with Gasteiger partial charge in [0.1, 0.15) is 0 Å². The zero-order chi connectivity index (χ0) is 12.3. The highest BCUT2D eigenvalue weighted by atomic mass is 16.1. The van der Waals surface area contributed by atoms with Crippen LogP contribution in [0.15, 0.2) is 36.4 Å². The summed E-state index contributed by atoms with van der Waals surface area (Å²) >= 11 is 0. The Kier molecular flexibility index (Phi) is 6.51. The highest BCUT2D eigenvalue weighted by molar-refractivity contribution is 5.93. The van der Waals surface area contributed by atoms with E-state index in [2.05, 4.69) is 36.1 Å². The minimum Gasteiger partial charge on any atom is -0.285 e. The molecule has 0 heterocycles. The number of rotatable bonds is 5. The molecule has 1 aromatic carbocycles. The Morgan fingerprint density at radius 2 is 2.00 bits per heavy atom. The van der Waals surface area contributed by atoms with Crippen LogP contribution in [-0.2, 0) is 4.79 Å². The van der Waals surface area contributed by atoms with Crippen LogP contribution in [0.4, 0.5) is 0 Å². The molecule has 0 aliphatic carbocycles. The van der Waals surface area contributed by atoms with Crippen LogP contribution in [0.5, 0.6) is 0 Å². The van der Waals surface area contributed by atoms with Gasteiger partial charge in [-0.25, -0.2) is 0 Å². The molecule has 0 amide bonds. The van der Waals surface area contributed by atoms with Gasteiger partial charge in [0.25, 0.3) is 0 Å². The lowest BCUT2D eigenvalue weighted by atomic mass is 10.1. The molecule has 0 aromatic heterocycles. The van der Waals surface area contributed by atoms with Gasteiger partial charge in [0.15, 0.2) is 0 Å². The van der Waals surface area contributed by atoms with Crippen LogP contribution < -0.4 is 0 Å². The summed E-state index contributed by atoms with van der Waals surface area (Å²) < 4.78 is 0. The molecule has 1 aromatic rings. The molecule has 0 aliphatic heterocycles. The van der Waals surface area contributed by atoms with E-state index in [0.717, 1.165) is 25.7 Å². The summed E-state index contributed by atoms with van der Waals surface area (Å²) in [5, 5.41) is 0. The van der Waals surface area contributed by atoms with Crippen molar-refractivity contribution >= 4 is 11.9 Å². The lowest BCUT2D eigenvalue weighted by Crippen LogP contribution is -1.80. The van der Waals surface area contributed by atoms with Gasteiger partial charge in [-0.05, 0) is 30.7 Å². The topological polar surface area (TPSA) is 17.1 Å². The highest BCUT2D eigenvalue weighted by Crippen LogP contribution is 2.05. The monoisotopic (exact) mass is 226 g/mol. The largest absolute Gasteiger partial charge is 0.285 e. The molecule has 0 bridgehead atoms. The Bertz CT molecular complexity index is 418. The molecule has 0 saturated heterocycles. The molecular formula is C16H18O. The third-order valence-corrected chi connectivity index (χ3v) is 2.30. The Hall–Kier alpha value is -1.81. The van der Waals surface area contributed by atoms with Crippen LogP contribution in [0, 0.1) is 11.8 Å². The van der Waals surface area contributed by atoms with E-state index in [1.807, 2.05) is 18.2 Å². The van der Waals surface area contributed by atoms with Crippen molar-refractivity contribution in [2.75, 3.05) is 0 Å². The molecule has 0 fully saturated rings. The van der Waals surface area contributed by atoms with Crippen molar-refractivity contribution in [3.05, 3.63) is 42.0 Å². The third-order valence-electron chi connectivity index (χ3n) is 2.30. The first-order valence-corrected chi connectivity index (χ1v) is 6.00. The van der Waals surface area contributed by atoms with E-state index >= 15 is 0 Å². The van der Waals surface area contributed by atoms with Crippen molar-refractivity contribution in [3.63, 3.8) is 0 Å². The number of carbonyl (C=O) groups is 1. The summed E-state index contributed by atoms with van der Waals surface area (Å²) in [7, 11) is 0. The fourth-order valence-electron chi connectivity index (χ4n) is 1.45. The molecule has 0 unspecified atom stereocenters. The number of ketones is 1. The molecule has 0 radical (unpaired) electrons. The van der Waals surface area contributed by atoms with Crippen molar-refractivity contribution in [2.45, 2.75) is 32.6 Å². The Morgan fingerprint density at radius 1 is 1.24 bits per heavy atom. The molecule has 0 saturated carbocycles. The highest BCUT2D eigenvalue weighted by Gasteiger charge is 1.86. The molecule has 88 valence electrons. The summed E-state index contributed by atoms with van der Waals surface area (Å²) in [6, 6.07) is 10.3. The lowest BCUT2D eigenvalue weighted by Gasteiger charge is -1.93. The van der Waals surface area contributed by atoms with Crippen molar-refractivity contribution in [1.29, 1.82) is 0 Å². The van der Waals surface area contributed by atoms with E-state index in [0.29, 0.717) is 0 Å². The van der Waals surface area contributed by atoms with Gasteiger partial charge >= 0.3 is 0 Å². The van der Waals surface area contributed by atoms with E-state index in [1.54, 1.807) is 0 Å². The van der Waals surface area contributed by atoms with Gasteiger partial charge in [-0.1, -0.05) is 48.4 Å². The average Bonchev–Trinajstić information content (AvgIpc) is 2.33. The summed E-state index contributed by atoms with van der Waals surface area (Å²) in [6.45, 7) is 1.50. The maximum atomic E-state index is 10.6. The van der Waals surface area contributed by atoms with Crippen molar-refractivity contribution in [1.82, 2.24) is 0 Å². The molecule has 0 aliphatic rings. The third kappa shape index (κ3) is 7.14. The zero-order valence-electron chi connectivity index (χ0n) is 10.3. The minimum absolute atomic E-state index is 0.0472. The van der Waals surface area contributed by atoms with Crippen molar-refractivity contribution in [3.8, 4) is 11.8 Å². The molecule has 1 heteroatoms. The molecule has 1 rings (SSSR count). The number of hydrogen-bond acceptors (Lipinski definition) is 1. The first-order chi connectivity index (χ1) is 8.29. The minimum atomic E-state index is -0.0472. The van der Waals surface area contributed by atoms with Crippen LogP contribution in [-0.4, -0.2) is 5.78 Å². The standard InChI is InChI=1S/C16H18O/c1-15(17)11-7-4-2-3-5-8-12-16-13-9-6-10-14-16/h6,8-10,12-14H,2-5H2,1H3. The number of unbranched alkanes of at least 4 members (excludes halogenated alkanes) is 3. The zero-order valence-corrected chi connectivity index (χ0v) is 10.3. The average molecular weight is 226 g/mol. The van der Waals surface area contributed by atoms with E-state index in [4.69, 9.17) is 0 Å². The van der Waals surface area contributed by atoms with Gasteiger partial charge < -0.3 is 0 Å². The number of Topliss-reactive ketones (excluding diaryl/α,β-unsaturated/α-hetero) is 1. The fourth-order valence-corrected chi connectivity index (χ4v) is 1.45. The molecule has 1 nitrogen and oxygen atoms in total. The second-order valence-electron chi connectivity index (χ2n) is 3.92. The summed E-state index contributed by atoms with van der Waals surface area (Å²) in [5.74, 6) is 5.38. The van der Waals surface area contributed by atoms with Gasteiger partial charge in [-0.15, -0.1) is 0 Å². The molecular weight excluding hydrogens is 208 g/mol. The van der Waals surface area contributed by atoms with Crippen LogP contribution >= 0.6 is 0 Å². The second kappa shape index (κ2) is 8.35. The predicted molar refractivity (Wildman–Crippen MR) is 72.4 cm³/mol. The van der Waals surface area contributed by atoms with Crippen LogP contribution in [0.25, 0.3) is 6.08 Å². The van der Waals surface area contributed by atoms with E-state index < -0.39 is 0 Å². The van der Waals surface area contributed by atoms with Crippen molar-refractivity contribution < 1.29 is 4.79 Å². The molecule has 0 spiro atoms. The molecule has 0 N–H and O–H groups in total. The SMILES string of the molecule is CC(=O)C#CCCCCC=Cc1ccccc1. The smallest absolute Gasteiger partial charge is 0.202 e. The first-order valence-electron chi connectivity index (χ1n) is 6.00. The Labute approximate surface area is 104 Å². The van der Waals surface area contributed by atoms with Crippen molar-refractivity contribution in [2.24, 2.45) is 0 Å². The molecule has 17 heavy (non-hydrogen) atoms. The first kappa shape index (κ1) is 13.3. The van der Waals surface area contributed by atoms with Gasteiger partial charge in [0.2, 0.25) is 5.78 Å². The van der Waals surface area contributed by atoms with E-state index in [-0.39, 0.29) is 5.78 Å². The summed E-state index contributed by atoms with van der Waals surface area (Å²) in [4.78, 5) is 10.6. The van der Waals surface area contributed by atoms with Gasteiger partial charge in [-0.3, -0.25) is 4.79 Å². The van der Waals surface area contributed by atoms with E-state index in [1.165, 1.54) is 12.5 Å². The van der Waals surface area contributed by atoms with Gasteiger partial charge in [0, 0.05) is 13.3 Å². The maximum absolute atomic E-state index is 10.6. The number of carbonyl (C=O) groups excluding carboxylic acids is 1. The van der Waals surface area contributed by atoms with Crippen LogP contribution in [0.1, 0.15) is 38.2 Å². The number of allylic oxidation sites excluding steroid dienone is 1.